The molecular formula is C11H21N3O. The SMILES string of the molecule is CC(C#N)CNC(=O)CCC(C)CCN. The number of nitrogens with zero attached hydrogens (tertiary/aromatic N) is 1. The van der Waals surface area contributed by atoms with Crippen molar-refractivity contribution in [1.29, 1.82) is 5.26 Å². The minimum Gasteiger partial charge on any atom is -0.355 e. The lowest BCUT2D eigenvalue weighted by atomic mass is 10.0. The van der Waals surface area contributed by atoms with E-state index in [0.29, 0.717) is 25.4 Å². The fraction of sp³-hybridized carbons (Fsp3) is 0.818. The highest BCUT2D eigenvalue weighted by Gasteiger charge is 2.07. The summed E-state index contributed by atoms with van der Waals surface area (Å²) in [5, 5.41) is 11.3. The predicted octanol–water partition coefficient (Wildman–Crippen LogP) is 1.03. The zero-order valence-corrected chi connectivity index (χ0v) is 9.62. The van der Waals surface area contributed by atoms with Gasteiger partial charge in [0.1, 0.15) is 0 Å². The van der Waals surface area contributed by atoms with E-state index in [0.717, 1.165) is 12.8 Å². The van der Waals surface area contributed by atoms with Crippen LogP contribution in [0, 0.1) is 23.2 Å². The van der Waals surface area contributed by atoms with Gasteiger partial charge in [-0.3, -0.25) is 4.79 Å². The highest BCUT2D eigenvalue weighted by Crippen LogP contribution is 2.08. The van der Waals surface area contributed by atoms with Gasteiger partial charge in [-0.1, -0.05) is 6.92 Å². The van der Waals surface area contributed by atoms with Crippen molar-refractivity contribution in [3.63, 3.8) is 0 Å². The molecule has 0 saturated carbocycles. The molecular weight excluding hydrogens is 190 g/mol. The van der Waals surface area contributed by atoms with Gasteiger partial charge >= 0.3 is 0 Å². The first-order valence-corrected chi connectivity index (χ1v) is 5.46. The third-order valence-corrected chi connectivity index (χ3v) is 2.35. The Morgan fingerprint density at radius 2 is 2.13 bits per heavy atom. The Balaban J connectivity index is 3.54. The highest BCUT2D eigenvalue weighted by atomic mass is 16.1. The Labute approximate surface area is 91.8 Å². The Hall–Kier alpha value is -1.08. The van der Waals surface area contributed by atoms with Crippen LogP contribution in [0.15, 0.2) is 0 Å². The lowest BCUT2D eigenvalue weighted by molar-refractivity contribution is -0.121. The molecule has 0 aliphatic heterocycles. The molecule has 0 aromatic rings. The second-order valence-corrected chi connectivity index (χ2v) is 4.06. The zero-order chi connectivity index (χ0) is 11.7. The van der Waals surface area contributed by atoms with Crippen LogP contribution in [0.5, 0.6) is 0 Å². The number of hydrogen-bond acceptors (Lipinski definition) is 3. The summed E-state index contributed by atoms with van der Waals surface area (Å²) in [6.45, 7) is 5.00. The molecule has 0 fully saturated rings. The van der Waals surface area contributed by atoms with Crippen molar-refractivity contribution < 1.29 is 4.79 Å². The molecule has 0 heterocycles. The first-order valence-electron chi connectivity index (χ1n) is 5.46. The molecule has 0 spiro atoms. The first-order chi connectivity index (χ1) is 7.10. The van der Waals surface area contributed by atoms with Gasteiger partial charge in [0, 0.05) is 13.0 Å². The van der Waals surface area contributed by atoms with E-state index in [4.69, 9.17) is 11.0 Å². The van der Waals surface area contributed by atoms with Crippen molar-refractivity contribution >= 4 is 5.91 Å². The molecule has 1 amide bonds. The lowest BCUT2D eigenvalue weighted by Crippen LogP contribution is -2.27. The molecule has 0 aromatic heterocycles. The van der Waals surface area contributed by atoms with Gasteiger partial charge in [0.2, 0.25) is 5.91 Å². The summed E-state index contributed by atoms with van der Waals surface area (Å²) < 4.78 is 0. The van der Waals surface area contributed by atoms with Crippen LogP contribution in [0.2, 0.25) is 0 Å². The summed E-state index contributed by atoms with van der Waals surface area (Å²) in [6, 6.07) is 2.07. The summed E-state index contributed by atoms with van der Waals surface area (Å²) in [6.07, 6.45) is 2.35. The second kappa shape index (κ2) is 8.25. The Morgan fingerprint density at radius 1 is 1.47 bits per heavy atom. The molecule has 0 aliphatic carbocycles. The molecule has 4 heteroatoms. The van der Waals surface area contributed by atoms with Gasteiger partial charge in [-0.15, -0.1) is 0 Å². The van der Waals surface area contributed by atoms with Crippen LogP contribution in [0.3, 0.4) is 0 Å². The van der Waals surface area contributed by atoms with Crippen molar-refractivity contribution in [2.75, 3.05) is 13.1 Å². The number of amides is 1. The standard InChI is InChI=1S/C11H21N3O/c1-9(5-6-12)3-4-11(15)14-8-10(2)7-13/h9-10H,3-6,8,12H2,1-2H3,(H,14,15). The number of nitrogens with one attached hydrogen (secondary N) is 1. The summed E-state index contributed by atoms with van der Waals surface area (Å²) in [4.78, 5) is 11.3. The van der Waals surface area contributed by atoms with Gasteiger partial charge in [0.25, 0.3) is 0 Å². The van der Waals surface area contributed by atoms with Crippen molar-refractivity contribution in [3.05, 3.63) is 0 Å². The van der Waals surface area contributed by atoms with Crippen LogP contribution in [0.4, 0.5) is 0 Å². The molecule has 0 aliphatic rings. The number of hydrogen-bond donors (Lipinski definition) is 2. The highest BCUT2D eigenvalue weighted by molar-refractivity contribution is 5.75. The van der Waals surface area contributed by atoms with Crippen LogP contribution >= 0.6 is 0 Å². The zero-order valence-electron chi connectivity index (χ0n) is 9.62. The van der Waals surface area contributed by atoms with E-state index >= 15 is 0 Å². The van der Waals surface area contributed by atoms with E-state index in [1.54, 1.807) is 6.92 Å². The third-order valence-electron chi connectivity index (χ3n) is 2.35. The summed E-state index contributed by atoms with van der Waals surface area (Å²) in [5.74, 6) is 0.408. The third kappa shape index (κ3) is 7.95. The molecule has 4 nitrogen and oxygen atoms in total. The monoisotopic (exact) mass is 211 g/mol. The van der Waals surface area contributed by atoms with Gasteiger partial charge in [-0.05, 0) is 32.2 Å². The smallest absolute Gasteiger partial charge is 0.220 e. The Morgan fingerprint density at radius 3 is 2.67 bits per heavy atom. The number of nitriles is 1. The maximum Gasteiger partial charge on any atom is 0.220 e. The van der Waals surface area contributed by atoms with E-state index in [2.05, 4.69) is 18.3 Å². The van der Waals surface area contributed by atoms with E-state index in [-0.39, 0.29) is 11.8 Å². The maximum absolute atomic E-state index is 11.3. The molecule has 2 atom stereocenters. The van der Waals surface area contributed by atoms with Crippen molar-refractivity contribution in [2.24, 2.45) is 17.6 Å². The fourth-order valence-corrected chi connectivity index (χ4v) is 1.21. The maximum atomic E-state index is 11.3. The summed E-state index contributed by atoms with van der Waals surface area (Å²) in [7, 11) is 0. The first kappa shape index (κ1) is 13.9. The Kier molecular flexibility index (Phi) is 7.65. The normalized spacial score (nSPS) is 14.0. The largest absolute Gasteiger partial charge is 0.355 e. The minimum atomic E-state index is -0.115. The van der Waals surface area contributed by atoms with Crippen LogP contribution in [-0.4, -0.2) is 19.0 Å². The Bertz CT molecular complexity index is 222. The molecule has 0 radical (unpaired) electrons. The molecule has 0 rings (SSSR count). The van der Waals surface area contributed by atoms with Crippen LogP contribution in [0.25, 0.3) is 0 Å². The topological polar surface area (TPSA) is 78.9 Å². The van der Waals surface area contributed by atoms with E-state index in [1.165, 1.54) is 0 Å². The van der Waals surface area contributed by atoms with Crippen LogP contribution < -0.4 is 11.1 Å². The van der Waals surface area contributed by atoms with Gasteiger partial charge in [-0.25, -0.2) is 0 Å². The van der Waals surface area contributed by atoms with Gasteiger partial charge < -0.3 is 11.1 Å². The van der Waals surface area contributed by atoms with Crippen molar-refractivity contribution in [1.82, 2.24) is 5.32 Å². The molecule has 0 aromatic carbocycles. The van der Waals surface area contributed by atoms with Crippen molar-refractivity contribution in [3.8, 4) is 6.07 Å². The molecule has 0 saturated heterocycles. The number of nitrogens with two attached hydrogens (primary N) is 1. The average molecular weight is 211 g/mol. The number of carbonyl (C=O) groups is 1. The van der Waals surface area contributed by atoms with Crippen LogP contribution in [-0.2, 0) is 4.79 Å². The number of rotatable bonds is 7. The van der Waals surface area contributed by atoms with Gasteiger partial charge in [-0.2, -0.15) is 5.26 Å². The van der Waals surface area contributed by atoms with E-state index in [1.807, 2.05) is 0 Å². The second-order valence-electron chi connectivity index (χ2n) is 4.06. The van der Waals surface area contributed by atoms with Gasteiger partial charge in [0.05, 0.1) is 12.0 Å². The molecule has 15 heavy (non-hydrogen) atoms. The summed E-state index contributed by atoms with van der Waals surface area (Å²) >= 11 is 0. The van der Waals surface area contributed by atoms with Crippen molar-refractivity contribution in [2.45, 2.75) is 33.1 Å². The fourth-order valence-electron chi connectivity index (χ4n) is 1.21. The average Bonchev–Trinajstić information content (AvgIpc) is 2.23. The van der Waals surface area contributed by atoms with Gasteiger partial charge in [0.15, 0.2) is 0 Å². The van der Waals surface area contributed by atoms with E-state index < -0.39 is 0 Å². The quantitative estimate of drug-likeness (QED) is 0.660. The molecule has 86 valence electrons. The summed E-state index contributed by atoms with van der Waals surface area (Å²) in [5.41, 5.74) is 5.42. The number of carbonyl (C=O) groups excluding carboxylic acids is 1. The molecule has 2 unspecified atom stereocenters. The predicted molar refractivity (Wildman–Crippen MR) is 59.9 cm³/mol. The van der Waals surface area contributed by atoms with E-state index in [9.17, 15) is 4.79 Å². The minimum absolute atomic E-state index is 0.0287. The lowest BCUT2D eigenvalue weighted by Gasteiger charge is -2.10. The molecule has 3 N–H and O–H groups in total. The van der Waals surface area contributed by atoms with Crippen LogP contribution in [0.1, 0.15) is 33.1 Å². The molecule has 0 bridgehead atoms.